The lowest BCUT2D eigenvalue weighted by Gasteiger charge is -2.31. The number of nitrogens with one attached hydrogen (secondary N) is 1. The molecule has 3 aromatic carbocycles. The molecule has 4 aromatic rings. The molecular weight excluding hydrogens is 436 g/mol. The Morgan fingerprint density at radius 3 is 2.42 bits per heavy atom. The third kappa shape index (κ3) is 4.08. The highest BCUT2D eigenvalue weighted by Gasteiger charge is 2.31. The minimum Gasteiger partial charge on any atom is -0.422 e. The highest BCUT2D eigenvalue weighted by molar-refractivity contribution is 7.89. The van der Waals surface area contributed by atoms with Gasteiger partial charge in [-0.15, -0.1) is 0 Å². The molecule has 0 radical (unpaired) electrons. The summed E-state index contributed by atoms with van der Waals surface area (Å²) in [5.41, 5.74) is 3.32. The van der Waals surface area contributed by atoms with E-state index in [4.69, 9.17) is 4.42 Å². The van der Waals surface area contributed by atoms with Crippen LogP contribution in [-0.2, 0) is 16.6 Å². The molecule has 1 saturated heterocycles. The van der Waals surface area contributed by atoms with E-state index in [1.165, 1.54) is 4.90 Å². The van der Waals surface area contributed by atoms with Gasteiger partial charge < -0.3 is 9.32 Å². The summed E-state index contributed by atoms with van der Waals surface area (Å²) in [7, 11) is -3.55. The van der Waals surface area contributed by atoms with Crippen LogP contribution >= 0.6 is 0 Å². The number of fused-ring (bicyclic) bond motifs is 2. The summed E-state index contributed by atoms with van der Waals surface area (Å²) < 4.78 is 33.6. The zero-order valence-electron chi connectivity index (χ0n) is 18.8. The van der Waals surface area contributed by atoms with Crippen LogP contribution in [0.15, 0.2) is 74.8 Å². The van der Waals surface area contributed by atoms with Crippen LogP contribution in [0.5, 0.6) is 0 Å². The van der Waals surface area contributed by atoms with E-state index in [0.717, 1.165) is 32.8 Å². The SMILES string of the molecule is Cc1ccc2c(C[NH+]3CCN(S(=O)(=O)c4ccc5ccccc5c4)CC3)cc(=O)oc2c1C. The van der Waals surface area contributed by atoms with Crippen LogP contribution < -0.4 is 10.5 Å². The van der Waals surface area contributed by atoms with Gasteiger partial charge in [-0.1, -0.05) is 42.5 Å². The lowest BCUT2D eigenvalue weighted by Crippen LogP contribution is -3.13. The average molecular weight is 464 g/mol. The van der Waals surface area contributed by atoms with Gasteiger partial charge in [-0.05, 0) is 47.9 Å². The van der Waals surface area contributed by atoms with Gasteiger partial charge in [0.25, 0.3) is 0 Å². The van der Waals surface area contributed by atoms with Gasteiger partial charge >= 0.3 is 5.63 Å². The zero-order valence-corrected chi connectivity index (χ0v) is 19.6. The van der Waals surface area contributed by atoms with Crippen molar-refractivity contribution in [2.75, 3.05) is 26.2 Å². The van der Waals surface area contributed by atoms with Crippen molar-refractivity contribution in [1.29, 1.82) is 0 Å². The Kier molecular flexibility index (Phi) is 5.56. The molecule has 1 aromatic heterocycles. The minimum atomic E-state index is -3.55. The van der Waals surface area contributed by atoms with Gasteiger partial charge in [-0.25, -0.2) is 13.2 Å². The van der Waals surface area contributed by atoms with Crippen molar-refractivity contribution in [2.45, 2.75) is 25.3 Å². The first kappa shape index (κ1) is 21.8. The first-order valence-electron chi connectivity index (χ1n) is 11.2. The largest absolute Gasteiger partial charge is 0.422 e. The predicted molar refractivity (Wildman–Crippen MR) is 129 cm³/mol. The number of aryl methyl sites for hydroxylation is 2. The highest BCUT2D eigenvalue weighted by Crippen LogP contribution is 2.24. The summed E-state index contributed by atoms with van der Waals surface area (Å²) in [4.78, 5) is 13.8. The van der Waals surface area contributed by atoms with Gasteiger partial charge in [0.2, 0.25) is 10.0 Å². The molecule has 0 spiro atoms. The summed E-state index contributed by atoms with van der Waals surface area (Å²) in [5, 5.41) is 2.90. The van der Waals surface area contributed by atoms with E-state index in [1.54, 1.807) is 22.5 Å². The van der Waals surface area contributed by atoms with Crippen molar-refractivity contribution in [1.82, 2.24) is 4.31 Å². The van der Waals surface area contributed by atoms with Crippen molar-refractivity contribution in [3.8, 4) is 0 Å². The van der Waals surface area contributed by atoms with Crippen molar-refractivity contribution in [2.24, 2.45) is 0 Å². The maximum Gasteiger partial charge on any atom is 0.336 e. The van der Waals surface area contributed by atoms with Crippen LogP contribution in [0.25, 0.3) is 21.7 Å². The fraction of sp³-hybridized carbons (Fsp3) is 0.269. The molecule has 33 heavy (non-hydrogen) atoms. The van der Waals surface area contributed by atoms with Gasteiger partial charge in [0.15, 0.2) is 0 Å². The second kappa shape index (κ2) is 8.41. The van der Waals surface area contributed by atoms with Crippen molar-refractivity contribution >= 4 is 31.8 Å². The van der Waals surface area contributed by atoms with Crippen molar-refractivity contribution in [3.63, 3.8) is 0 Å². The Morgan fingerprint density at radius 2 is 1.67 bits per heavy atom. The minimum absolute atomic E-state index is 0.335. The molecule has 0 saturated carbocycles. The Balaban J connectivity index is 1.34. The Morgan fingerprint density at radius 1 is 0.939 bits per heavy atom. The smallest absolute Gasteiger partial charge is 0.336 e. The molecule has 0 amide bonds. The molecule has 0 atom stereocenters. The summed E-state index contributed by atoms with van der Waals surface area (Å²) in [6, 6.07) is 18.7. The topological polar surface area (TPSA) is 72.0 Å². The molecule has 6 nitrogen and oxygen atoms in total. The average Bonchev–Trinajstić information content (AvgIpc) is 2.82. The molecule has 1 N–H and O–H groups in total. The van der Waals surface area contributed by atoms with Crippen LogP contribution in [0.3, 0.4) is 0 Å². The normalized spacial score (nSPS) is 15.9. The summed E-state index contributed by atoms with van der Waals surface area (Å²) in [6.07, 6.45) is 0. The zero-order chi connectivity index (χ0) is 23.2. The van der Waals surface area contributed by atoms with Crippen molar-refractivity contribution < 1.29 is 17.7 Å². The number of nitrogens with zero attached hydrogens (tertiary/aromatic N) is 1. The molecular formula is C26H27N2O4S+. The predicted octanol–water partition coefficient (Wildman–Crippen LogP) is 2.65. The second-order valence-corrected chi connectivity index (χ2v) is 10.8. The Bertz CT molecular complexity index is 1520. The second-order valence-electron chi connectivity index (χ2n) is 8.81. The molecule has 7 heteroatoms. The lowest BCUT2D eigenvalue weighted by atomic mass is 10.0. The maximum absolute atomic E-state index is 13.2. The van der Waals surface area contributed by atoms with E-state index in [-0.39, 0.29) is 5.63 Å². The monoisotopic (exact) mass is 463 g/mol. The van der Waals surface area contributed by atoms with Gasteiger partial charge in [-0.2, -0.15) is 4.31 Å². The Hall–Kier alpha value is -3.00. The first-order valence-corrected chi connectivity index (χ1v) is 12.6. The summed E-state index contributed by atoms with van der Waals surface area (Å²) in [6.45, 7) is 6.88. The fourth-order valence-electron chi connectivity index (χ4n) is 4.64. The van der Waals surface area contributed by atoms with Crippen LogP contribution in [0.2, 0.25) is 0 Å². The van der Waals surface area contributed by atoms with E-state index in [9.17, 15) is 13.2 Å². The quantitative estimate of drug-likeness (QED) is 0.473. The number of sulfonamides is 1. The van der Waals surface area contributed by atoms with Gasteiger partial charge in [0.05, 0.1) is 31.1 Å². The molecule has 1 aliphatic heterocycles. The van der Waals surface area contributed by atoms with Crippen LogP contribution in [0, 0.1) is 13.8 Å². The van der Waals surface area contributed by atoms with Crippen LogP contribution in [0.1, 0.15) is 16.7 Å². The molecule has 170 valence electrons. The number of quaternary nitrogens is 1. The first-order chi connectivity index (χ1) is 15.8. The molecule has 2 heterocycles. The maximum atomic E-state index is 13.2. The molecule has 1 aliphatic rings. The molecule has 0 aliphatic carbocycles. The van der Waals surface area contributed by atoms with Crippen LogP contribution in [0.4, 0.5) is 0 Å². The fourth-order valence-corrected chi connectivity index (χ4v) is 6.11. The number of hydrogen-bond donors (Lipinski definition) is 1. The standard InChI is InChI=1S/C26H26N2O4S/c1-18-7-10-24-22(16-25(29)32-26(24)19(18)2)17-27-11-13-28(14-12-27)33(30,31)23-9-8-20-5-3-4-6-21(20)15-23/h3-10,15-16H,11-14,17H2,1-2H3/p+1. The lowest BCUT2D eigenvalue weighted by molar-refractivity contribution is -0.917. The number of piperazine rings is 1. The van der Waals surface area contributed by atoms with E-state index in [2.05, 4.69) is 0 Å². The number of hydrogen-bond acceptors (Lipinski definition) is 4. The molecule has 5 rings (SSSR count). The molecule has 0 unspecified atom stereocenters. The third-order valence-corrected chi connectivity index (χ3v) is 8.64. The number of rotatable bonds is 4. The molecule has 1 fully saturated rings. The van der Waals surface area contributed by atoms with Gasteiger partial charge in [0, 0.05) is 17.0 Å². The van der Waals surface area contributed by atoms with Crippen LogP contribution in [-0.4, -0.2) is 38.9 Å². The van der Waals surface area contributed by atoms with E-state index in [0.29, 0.717) is 43.2 Å². The van der Waals surface area contributed by atoms with E-state index >= 15 is 0 Å². The summed E-state index contributed by atoms with van der Waals surface area (Å²) in [5.74, 6) is 0. The van der Waals surface area contributed by atoms with E-state index in [1.807, 2.05) is 56.3 Å². The number of benzene rings is 3. The summed E-state index contributed by atoms with van der Waals surface area (Å²) >= 11 is 0. The van der Waals surface area contributed by atoms with E-state index < -0.39 is 10.0 Å². The highest BCUT2D eigenvalue weighted by atomic mass is 32.2. The third-order valence-electron chi connectivity index (χ3n) is 6.75. The van der Waals surface area contributed by atoms with Gasteiger partial charge in [-0.3, -0.25) is 0 Å². The van der Waals surface area contributed by atoms with Crippen molar-refractivity contribution in [3.05, 3.63) is 87.8 Å². The van der Waals surface area contributed by atoms with Gasteiger partial charge in [0.1, 0.15) is 12.1 Å². The Labute approximate surface area is 193 Å². The molecule has 0 bridgehead atoms.